The smallest absolute Gasteiger partial charge is 0.261 e. The second-order valence-electron chi connectivity index (χ2n) is 4.00. The van der Waals surface area contributed by atoms with Gasteiger partial charge in [0.1, 0.15) is 0 Å². The minimum absolute atomic E-state index is 0.236. The molecule has 0 aliphatic carbocycles. The molecule has 0 bridgehead atoms. The number of benzene rings is 1. The molecule has 0 fully saturated rings. The average Bonchev–Trinajstić information content (AvgIpc) is 2.52. The van der Waals surface area contributed by atoms with Crippen LogP contribution in [0.2, 0.25) is 0 Å². The van der Waals surface area contributed by atoms with Crippen molar-refractivity contribution in [1.82, 2.24) is 0 Å². The largest absolute Gasteiger partial charge is 0.375 e. The predicted octanol–water partition coefficient (Wildman–Crippen LogP) is 1.36. The fourth-order valence-corrected chi connectivity index (χ4v) is 1.97. The van der Waals surface area contributed by atoms with Crippen molar-refractivity contribution >= 4 is 17.4 Å². The van der Waals surface area contributed by atoms with Gasteiger partial charge in [-0.1, -0.05) is 24.3 Å². The number of aliphatic hydroxyl groups is 1. The number of fused-ring (bicyclic) bond motifs is 1. The van der Waals surface area contributed by atoms with Crippen LogP contribution in [-0.4, -0.2) is 16.8 Å². The second kappa shape index (κ2) is 4.14. The fraction of sp³-hybridized carbons (Fsp3) is 0.231. The summed E-state index contributed by atoms with van der Waals surface area (Å²) in [6.07, 6.45) is 2.71. The summed E-state index contributed by atoms with van der Waals surface area (Å²) in [5, 5.41) is 12.9. The summed E-state index contributed by atoms with van der Waals surface area (Å²) in [5.74, 6) is -0.821. The monoisotopic (exact) mass is 231 g/mol. The quantitative estimate of drug-likeness (QED) is 0.772. The van der Waals surface area contributed by atoms with Gasteiger partial charge in [-0.15, -0.1) is 0 Å². The van der Waals surface area contributed by atoms with Crippen molar-refractivity contribution < 1.29 is 14.7 Å². The Morgan fingerprint density at radius 1 is 1.47 bits per heavy atom. The van der Waals surface area contributed by atoms with Crippen LogP contribution in [0.3, 0.4) is 0 Å². The summed E-state index contributed by atoms with van der Waals surface area (Å²) in [6, 6.07) is 6.84. The maximum atomic E-state index is 11.8. The minimum atomic E-state index is -1.74. The summed E-state index contributed by atoms with van der Waals surface area (Å²) < 4.78 is 0. The Bertz CT molecular complexity index is 507. The second-order valence-corrected chi connectivity index (χ2v) is 4.00. The highest BCUT2D eigenvalue weighted by molar-refractivity contribution is 6.08. The zero-order valence-electron chi connectivity index (χ0n) is 9.43. The van der Waals surface area contributed by atoms with E-state index in [-0.39, 0.29) is 12.2 Å². The molecule has 1 unspecified atom stereocenters. The number of hydrogen-bond donors (Lipinski definition) is 2. The van der Waals surface area contributed by atoms with Crippen molar-refractivity contribution in [3.8, 4) is 0 Å². The summed E-state index contributed by atoms with van der Waals surface area (Å²) in [5.41, 5.74) is -0.719. The van der Waals surface area contributed by atoms with Gasteiger partial charge in [0.2, 0.25) is 0 Å². The fourth-order valence-electron chi connectivity index (χ4n) is 1.97. The summed E-state index contributed by atoms with van der Waals surface area (Å²) in [6.45, 7) is 1.71. The van der Waals surface area contributed by atoms with E-state index < -0.39 is 11.5 Å². The molecule has 2 N–H and O–H groups in total. The number of amides is 1. The van der Waals surface area contributed by atoms with Gasteiger partial charge in [0, 0.05) is 11.3 Å². The number of carbonyl (C=O) groups excluding carboxylic acids is 2. The van der Waals surface area contributed by atoms with Crippen molar-refractivity contribution in [3.63, 3.8) is 0 Å². The van der Waals surface area contributed by atoms with E-state index in [1.54, 1.807) is 37.3 Å². The van der Waals surface area contributed by atoms with Crippen LogP contribution < -0.4 is 5.32 Å². The lowest BCUT2D eigenvalue weighted by Crippen LogP contribution is -2.36. The van der Waals surface area contributed by atoms with Crippen LogP contribution in [0.1, 0.15) is 18.9 Å². The van der Waals surface area contributed by atoms with Crippen LogP contribution in [0.15, 0.2) is 36.4 Å². The number of carbonyl (C=O) groups is 2. The van der Waals surface area contributed by atoms with Crippen molar-refractivity contribution in [2.24, 2.45) is 0 Å². The number of para-hydroxylation sites is 1. The van der Waals surface area contributed by atoms with Crippen LogP contribution in [0.5, 0.6) is 0 Å². The van der Waals surface area contributed by atoms with Crippen LogP contribution in [0.25, 0.3) is 0 Å². The Morgan fingerprint density at radius 3 is 2.88 bits per heavy atom. The van der Waals surface area contributed by atoms with Gasteiger partial charge in [0.05, 0.1) is 6.42 Å². The lowest BCUT2D eigenvalue weighted by molar-refractivity contribution is -0.138. The number of rotatable bonds is 3. The van der Waals surface area contributed by atoms with Crippen LogP contribution in [0.4, 0.5) is 5.69 Å². The van der Waals surface area contributed by atoms with Crippen molar-refractivity contribution in [1.29, 1.82) is 0 Å². The number of ketones is 1. The average molecular weight is 231 g/mol. The predicted molar refractivity (Wildman–Crippen MR) is 63.4 cm³/mol. The van der Waals surface area contributed by atoms with Crippen molar-refractivity contribution in [2.75, 3.05) is 5.32 Å². The van der Waals surface area contributed by atoms with Gasteiger partial charge in [-0.2, -0.15) is 0 Å². The normalized spacial score (nSPS) is 22.6. The molecule has 0 aromatic heterocycles. The van der Waals surface area contributed by atoms with E-state index >= 15 is 0 Å². The standard InChI is InChI=1S/C13H13NO3/c1-2-5-9(15)8-13(17)10-6-3-4-7-11(10)14-12(13)16/h2-7,17H,8H2,1H3,(H,14,16)/b5-2+. The first-order chi connectivity index (χ1) is 8.08. The molecular formula is C13H13NO3. The maximum Gasteiger partial charge on any atom is 0.261 e. The molecule has 1 aromatic carbocycles. The van der Waals surface area contributed by atoms with Crippen LogP contribution in [-0.2, 0) is 15.2 Å². The lowest BCUT2D eigenvalue weighted by atomic mass is 9.90. The molecule has 1 aliphatic rings. The molecular weight excluding hydrogens is 218 g/mol. The van der Waals surface area contributed by atoms with Gasteiger partial charge in [0.15, 0.2) is 11.4 Å². The molecule has 1 aromatic rings. The zero-order chi connectivity index (χ0) is 12.5. The molecule has 88 valence electrons. The van der Waals surface area contributed by atoms with Gasteiger partial charge in [-0.3, -0.25) is 9.59 Å². The van der Waals surface area contributed by atoms with Crippen LogP contribution >= 0.6 is 0 Å². The number of allylic oxidation sites excluding steroid dienone is 2. The Balaban J connectivity index is 2.37. The Morgan fingerprint density at radius 2 is 2.18 bits per heavy atom. The summed E-state index contributed by atoms with van der Waals surface area (Å²) in [7, 11) is 0. The van der Waals surface area contributed by atoms with Gasteiger partial charge < -0.3 is 10.4 Å². The number of hydrogen-bond acceptors (Lipinski definition) is 3. The molecule has 4 nitrogen and oxygen atoms in total. The van der Waals surface area contributed by atoms with Gasteiger partial charge in [-0.25, -0.2) is 0 Å². The first-order valence-electron chi connectivity index (χ1n) is 5.37. The molecule has 1 aliphatic heterocycles. The van der Waals surface area contributed by atoms with E-state index in [0.717, 1.165) is 0 Å². The third-order valence-corrected chi connectivity index (χ3v) is 2.78. The van der Waals surface area contributed by atoms with Crippen LogP contribution in [0, 0.1) is 0 Å². The Hall–Kier alpha value is -1.94. The third kappa shape index (κ3) is 1.87. The maximum absolute atomic E-state index is 11.8. The van der Waals surface area contributed by atoms with Gasteiger partial charge in [0.25, 0.3) is 5.91 Å². The zero-order valence-corrected chi connectivity index (χ0v) is 9.43. The third-order valence-electron chi connectivity index (χ3n) is 2.78. The van der Waals surface area contributed by atoms with Crippen molar-refractivity contribution in [3.05, 3.63) is 42.0 Å². The molecule has 17 heavy (non-hydrogen) atoms. The highest BCUT2D eigenvalue weighted by Crippen LogP contribution is 2.38. The molecule has 0 saturated carbocycles. The highest BCUT2D eigenvalue weighted by Gasteiger charge is 2.45. The Kier molecular flexibility index (Phi) is 2.81. The molecule has 2 rings (SSSR count). The van der Waals surface area contributed by atoms with E-state index in [9.17, 15) is 14.7 Å². The molecule has 0 saturated heterocycles. The summed E-state index contributed by atoms with van der Waals surface area (Å²) in [4.78, 5) is 23.3. The number of anilines is 1. The van der Waals surface area contributed by atoms with E-state index in [2.05, 4.69) is 5.32 Å². The molecule has 1 atom stereocenters. The van der Waals surface area contributed by atoms with Gasteiger partial charge in [-0.05, 0) is 19.1 Å². The van der Waals surface area contributed by atoms with E-state index in [0.29, 0.717) is 11.3 Å². The number of nitrogens with one attached hydrogen (secondary N) is 1. The first-order valence-corrected chi connectivity index (χ1v) is 5.37. The summed E-state index contributed by atoms with van der Waals surface area (Å²) >= 11 is 0. The van der Waals surface area contributed by atoms with E-state index in [4.69, 9.17) is 0 Å². The molecule has 4 heteroatoms. The van der Waals surface area contributed by atoms with Gasteiger partial charge >= 0.3 is 0 Å². The minimum Gasteiger partial charge on any atom is -0.375 e. The van der Waals surface area contributed by atoms with Crippen molar-refractivity contribution in [2.45, 2.75) is 18.9 Å². The van der Waals surface area contributed by atoms with E-state index in [1.807, 2.05) is 0 Å². The molecule has 0 spiro atoms. The molecule has 1 heterocycles. The first kappa shape index (κ1) is 11.5. The topological polar surface area (TPSA) is 66.4 Å². The highest BCUT2D eigenvalue weighted by atomic mass is 16.3. The molecule has 1 amide bonds. The molecule has 0 radical (unpaired) electrons. The SMILES string of the molecule is C/C=C/C(=O)CC1(O)C(=O)Nc2ccccc21. The lowest BCUT2D eigenvalue weighted by Gasteiger charge is -2.18. The Labute approximate surface area is 99.0 Å². The van der Waals surface area contributed by atoms with E-state index in [1.165, 1.54) is 6.08 Å².